The molecule has 0 amide bonds. The van der Waals surface area contributed by atoms with Gasteiger partial charge in [-0.05, 0) is 38.7 Å². The largest absolute Gasteiger partial charge is 0.383 e. The second-order valence-corrected chi connectivity index (χ2v) is 5.55. The first-order chi connectivity index (χ1) is 8.04. The van der Waals surface area contributed by atoms with Gasteiger partial charge in [-0.15, -0.1) is 0 Å². The summed E-state index contributed by atoms with van der Waals surface area (Å²) in [5.74, 6) is 4.49. The van der Waals surface area contributed by atoms with Crippen LogP contribution in [0.15, 0.2) is 0 Å². The molecule has 1 aromatic heterocycles. The van der Waals surface area contributed by atoms with Crippen molar-refractivity contribution < 1.29 is 0 Å². The molecule has 0 saturated carbocycles. The van der Waals surface area contributed by atoms with Gasteiger partial charge in [-0.1, -0.05) is 6.92 Å². The molecule has 0 aliphatic carbocycles. The standard InChI is InChI=1S/C12H22N4S/c1-5-17-7-6-8(2)14-12-9(3)11(13)15-10(4)16-12/h8H,5-7H2,1-4H3,(H3,13,14,15,16). The van der Waals surface area contributed by atoms with Gasteiger partial charge >= 0.3 is 0 Å². The van der Waals surface area contributed by atoms with E-state index in [0.29, 0.717) is 17.7 Å². The van der Waals surface area contributed by atoms with Crippen LogP contribution in [0.25, 0.3) is 0 Å². The first kappa shape index (κ1) is 14.1. The summed E-state index contributed by atoms with van der Waals surface area (Å²) < 4.78 is 0. The van der Waals surface area contributed by atoms with E-state index in [-0.39, 0.29) is 0 Å². The fourth-order valence-electron chi connectivity index (χ4n) is 1.50. The van der Waals surface area contributed by atoms with Crippen LogP contribution in [0.5, 0.6) is 0 Å². The summed E-state index contributed by atoms with van der Waals surface area (Å²) in [7, 11) is 0. The van der Waals surface area contributed by atoms with Crippen LogP contribution in [0.2, 0.25) is 0 Å². The van der Waals surface area contributed by atoms with Crippen LogP contribution in [-0.4, -0.2) is 27.5 Å². The Labute approximate surface area is 108 Å². The summed E-state index contributed by atoms with van der Waals surface area (Å²) in [4.78, 5) is 8.53. The predicted molar refractivity (Wildman–Crippen MR) is 76.6 cm³/mol. The Morgan fingerprint density at radius 1 is 1.35 bits per heavy atom. The molecule has 3 N–H and O–H groups in total. The summed E-state index contributed by atoms with van der Waals surface area (Å²) in [6.45, 7) is 8.16. The molecule has 1 heterocycles. The average Bonchev–Trinajstić information content (AvgIpc) is 2.25. The zero-order valence-electron chi connectivity index (χ0n) is 11.1. The van der Waals surface area contributed by atoms with Gasteiger partial charge in [0.15, 0.2) is 0 Å². The van der Waals surface area contributed by atoms with E-state index in [9.17, 15) is 0 Å². The molecule has 0 aromatic carbocycles. The Kier molecular flexibility index (Phi) is 5.55. The second kappa shape index (κ2) is 6.69. The minimum Gasteiger partial charge on any atom is -0.383 e. The monoisotopic (exact) mass is 254 g/mol. The Balaban J connectivity index is 2.61. The Morgan fingerprint density at radius 3 is 2.71 bits per heavy atom. The number of nitrogens with zero attached hydrogens (tertiary/aromatic N) is 2. The molecule has 0 spiro atoms. The highest BCUT2D eigenvalue weighted by molar-refractivity contribution is 7.99. The third kappa shape index (κ3) is 4.42. The number of hydrogen-bond donors (Lipinski definition) is 2. The van der Waals surface area contributed by atoms with E-state index in [1.807, 2.05) is 25.6 Å². The van der Waals surface area contributed by atoms with Crippen LogP contribution in [0, 0.1) is 13.8 Å². The van der Waals surface area contributed by atoms with Crippen molar-refractivity contribution in [3.05, 3.63) is 11.4 Å². The Bertz CT molecular complexity index is 368. The van der Waals surface area contributed by atoms with Crippen LogP contribution in [0.3, 0.4) is 0 Å². The van der Waals surface area contributed by atoms with Gasteiger partial charge in [0.2, 0.25) is 0 Å². The van der Waals surface area contributed by atoms with Gasteiger partial charge in [0, 0.05) is 11.6 Å². The maximum atomic E-state index is 5.82. The predicted octanol–water partition coefficient (Wildman–Crippen LogP) is 2.62. The van der Waals surface area contributed by atoms with E-state index in [2.05, 4.69) is 29.1 Å². The minimum atomic E-state index is 0.404. The molecule has 0 bridgehead atoms. The second-order valence-electron chi connectivity index (χ2n) is 4.16. The molecule has 0 radical (unpaired) electrons. The molecular weight excluding hydrogens is 232 g/mol. The Morgan fingerprint density at radius 2 is 2.06 bits per heavy atom. The van der Waals surface area contributed by atoms with Crippen LogP contribution in [-0.2, 0) is 0 Å². The summed E-state index contributed by atoms with van der Waals surface area (Å²) >= 11 is 1.96. The van der Waals surface area contributed by atoms with Crippen LogP contribution in [0.4, 0.5) is 11.6 Å². The number of aryl methyl sites for hydroxylation is 1. The molecule has 1 unspecified atom stereocenters. The fourth-order valence-corrected chi connectivity index (χ4v) is 2.31. The van der Waals surface area contributed by atoms with Gasteiger partial charge in [0.05, 0.1) is 0 Å². The average molecular weight is 254 g/mol. The lowest BCUT2D eigenvalue weighted by Crippen LogP contribution is -2.19. The van der Waals surface area contributed by atoms with Gasteiger partial charge in [0.1, 0.15) is 17.5 Å². The van der Waals surface area contributed by atoms with E-state index in [4.69, 9.17) is 5.73 Å². The zero-order valence-corrected chi connectivity index (χ0v) is 11.9. The van der Waals surface area contributed by atoms with Gasteiger partial charge in [-0.25, -0.2) is 9.97 Å². The topological polar surface area (TPSA) is 63.8 Å². The van der Waals surface area contributed by atoms with E-state index in [1.54, 1.807) is 0 Å². The summed E-state index contributed by atoms with van der Waals surface area (Å²) in [5, 5.41) is 3.41. The summed E-state index contributed by atoms with van der Waals surface area (Å²) in [5.41, 5.74) is 6.76. The van der Waals surface area contributed by atoms with E-state index in [1.165, 1.54) is 11.5 Å². The number of nitrogens with two attached hydrogens (primary N) is 1. The maximum Gasteiger partial charge on any atom is 0.134 e. The van der Waals surface area contributed by atoms with Crippen molar-refractivity contribution >= 4 is 23.4 Å². The van der Waals surface area contributed by atoms with Crippen LogP contribution < -0.4 is 11.1 Å². The summed E-state index contributed by atoms with van der Waals surface area (Å²) in [6.07, 6.45) is 1.13. The normalized spacial score (nSPS) is 12.5. The number of hydrogen-bond acceptors (Lipinski definition) is 5. The molecule has 1 atom stereocenters. The maximum absolute atomic E-state index is 5.82. The minimum absolute atomic E-state index is 0.404. The fraction of sp³-hybridized carbons (Fsp3) is 0.667. The molecule has 0 aliphatic rings. The molecule has 0 fully saturated rings. The quantitative estimate of drug-likeness (QED) is 0.764. The molecule has 1 aromatic rings. The highest BCUT2D eigenvalue weighted by atomic mass is 32.2. The number of rotatable bonds is 6. The van der Waals surface area contributed by atoms with Crippen LogP contribution >= 0.6 is 11.8 Å². The van der Waals surface area contributed by atoms with Crippen molar-refractivity contribution in [2.24, 2.45) is 0 Å². The Hall–Kier alpha value is -0.970. The van der Waals surface area contributed by atoms with E-state index < -0.39 is 0 Å². The lowest BCUT2D eigenvalue weighted by Gasteiger charge is -2.16. The van der Waals surface area contributed by atoms with Gasteiger partial charge in [-0.2, -0.15) is 11.8 Å². The summed E-state index contributed by atoms with van der Waals surface area (Å²) in [6, 6.07) is 0.404. The highest BCUT2D eigenvalue weighted by Crippen LogP contribution is 2.18. The van der Waals surface area contributed by atoms with E-state index in [0.717, 1.165) is 17.8 Å². The number of thioether (sulfide) groups is 1. The van der Waals surface area contributed by atoms with Crippen LogP contribution in [0.1, 0.15) is 31.7 Å². The molecule has 0 aliphatic heterocycles. The lowest BCUT2D eigenvalue weighted by molar-refractivity contribution is 0.763. The third-order valence-electron chi connectivity index (χ3n) is 2.58. The molecule has 0 saturated heterocycles. The van der Waals surface area contributed by atoms with Crippen molar-refractivity contribution in [2.75, 3.05) is 22.6 Å². The molecule has 5 heteroatoms. The number of nitrogen functional groups attached to an aromatic ring is 1. The van der Waals surface area contributed by atoms with Gasteiger partial charge in [-0.3, -0.25) is 0 Å². The van der Waals surface area contributed by atoms with Crippen molar-refractivity contribution in [2.45, 2.75) is 40.2 Å². The molecule has 1 rings (SSSR count). The number of anilines is 2. The van der Waals surface area contributed by atoms with Crippen molar-refractivity contribution in [1.82, 2.24) is 9.97 Å². The molecule has 96 valence electrons. The number of aromatic nitrogens is 2. The smallest absolute Gasteiger partial charge is 0.134 e. The SMILES string of the molecule is CCSCCC(C)Nc1nc(C)nc(N)c1C. The van der Waals surface area contributed by atoms with Crippen molar-refractivity contribution in [3.8, 4) is 0 Å². The first-order valence-corrected chi connectivity index (χ1v) is 7.15. The highest BCUT2D eigenvalue weighted by Gasteiger charge is 2.09. The van der Waals surface area contributed by atoms with Gasteiger partial charge in [0.25, 0.3) is 0 Å². The van der Waals surface area contributed by atoms with E-state index >= 15 is 0 Å². The van der Waals surface area contributed by atoms with Crippen molar-refractivity contribution in [1.29, 1.82) is 0 Å². The third-order valence-corrected chi connectivity index (χ3v) is 3.51. The molecule has 17 heavy (non-hydrogen) atoms. The molecular formula is C12H22N4S. The van der Waals surface area contributed by atoms with Crippen molar-refractivity contribution in [3.63, 3.8) is 0 Å². The zero-order chi connectivity index (χ0) is 12.8. The first-order valence-electron chi connectivity index (χ1n) is 5.99. The van der Waals surface area contributed by atoms with Gasteiger partial charge < -0.3 is 11.1 Å². The number of nitrogens with one attached hydrogen (secondary N) is 1. The lowest BCUT2D eigenvalue weighted by atomic mass is 10.2. The molecule has 4 nitrogen and oxygen atoms in total.